The lowest BCUT2D eigenvalue weighted by atomic mass is 10.3. The van der Waals surface area contributed by atoms with E-state index in [4.69, 9.17) is 6.42 Å². The van der Waals surface area contributed by atoms with Crippen LogP contribution in [0, 0.1) is 12.3 Å². The average molecular weight is 219 g/mol. The largest absolute Gasteiger partial charge is 0.344 e. The van der Waals surface area contributed by atoms with Crippen molar-refractivity contribution in [3.63, 3.8) is 0 Å². The average Bonchev–Trinajstić information content (AvgIpc) is 2.73. The minimum absolute atomic E-state index is 0.0501. The maximum Gasteiger partial charge on any atom is 0.234 e. The summed E-state index contributed by atoms with van der Waals surface area (Å²) in [6.45, 7) is 2.94. The van der Waals surface area contributed by atoms with Crippen molar-refractivity contribution < 1.29 is 4.79 Å². The summed E-state index contributed by atoms with van der Waals surface area (Å²) in [6.07, 6.45) is 6.77. The van der Waals surface area contributed by atoms with E-state index in [2.05, 4.69) is 21.4 Å². The van der Waals surface area contributed by atoms with Gasteiger partial charge in [-0.15, -0.1) is 16.6 Å². The number of aromatic nitrogens is 3. The first-order valence-corrected chi connectivity index (χ1v) is 5.09. The van der Waals surface area contributed by atoms with Crippen molar-refractivity contribution in [1.29, 1.82) is 0 Å². The molecule has 6 heteroatoms. The standard InChI is InChI=1S/C10H13N5O/c1-2-3-11-10(16)7-14-4-5-15-8-12-13-9(15)6-14/h1,8H,3-7H2,(H,11,16). The summed E-state index contributed by atoms with van der Waals surface area (Å²) in [5, 5.41) is 10.4. The number of nitrogens with zero attached hydrogens (tertiary/aromatic N) is 4. The number of amides is 1. The number of terminal acetylenes is 1. The number of carbonyl (C=O) groups excluding carboxylic acids is 1. The molecule has 0 spiro atoms. The Morgan fingerprint density at radius 1 is 1.62 bits per heavy atom. The van der Waals surface area contributed by atoms with E-state index in [1.54, 1.807) is 6.33 Å². The van der Waals surface area contributed by atoms with Crippen LogP contribution in [0.4, 0.5) is 0 Å². The molecule has 0 bridgehead atoms. The number of hydrogen-bond acceptors (Lipinski definition) is 4. The summed E-state index contributed by atoms with van der Waals surface area (Å²) in [7, 11) is 0. The summed E-state index contributed by atoms with van der Waals surface area (Å²) < 4.78 is 2.00. The summed E-state index contributed by atoms with van der Waals surface area (Å²) in [6, 6.07) is 0. The molecule has 1 aliphatic heterocycles. The molecule has 84 valence electrons. The first-order valence-electron chi connectivity index (χ1n) is 5.09. The van der Waals surface area contributed by atoms with E-state index in [0.717, 1.165) is 18.9 Å². The third kappa shape index (κ3) is 2.38. The van der Waals surface area contributed by atoms with Gasteiger partial charge >= 0.3 is 0 Å². The third-order valence-corrected chi connectivity index (χ3v) is 2.47. The fourth-order valence-electron chi connectivity index (χ4n) is 1.66. The highest BCUT2D eigenvalue weighted by atomic mass is 16.2. The van der Waals surface area contributed by atoms with Crippen LogP contribution in [0.15, 0.2) is 6.33 Å². The van der Waals surface area contributed by atoms with Crippen LogP contribution in [0.5, 0.6) is 0 Å². The van der Waals surface area contributed by atoms with Crippen LogP contribution in [0.2, 0.25) is 0 Å². The summed E-state index contributed by atoms with van der Waals surface area (Å²) in [4.78, 5) is 13.5. The summed E-state index contributed by atoms with van der Waals surface area (Å²) in [5.41, 5.74) is 0. The first-order chi connectivity index (χ1) is 7.79. The van der Waals surface area contributed by atoms with Crippen LogP contribution >= 0.6 is 0 Å². The predicted molar refractivity (Wildman–Crippen MR) is 57.1 cm³/mol. The third-order valence-electron chi connectivity index (χ3n) is 2.47. The Balaban J connectivity index is 1.85. The lowest BCUT2D eigenvalue weighted by molar-refractivity contribution is -0.122. The molecule has 0 saturated heterocycles. The monoisotopic (exact) mass is 219 g/mol. The van der Waals surface area contributed by atoms with Crippen molar-refractivity contribution >= 4 is 5.91 Å². The zero-order chi connectivity index (χ0) is 11.4. The summed E-state index contributed by atoms with van der Waals surface area (Å²) >= 11 is 0. The van der Waals surface area contributed by atoms with Gasteiger partial charge in [0.2, 0.25) is 5.91 Å². The van der Waals surface area contributed by atoms with Gasteiger partial charge in [0.05, 0.1) is 19.6 Å². The Kier molecular flexibility index (Phi) is 3.17. The molecule has 16 heavy (non-hydrogen) atoms. The van der Waals surface area contributed by atoms with Gasteiger partial charge in [-0.05, 0) is 0 Å². The van der Waals surface area contributed by atoms with Gasteiger partial charge in [-0.3, -0.25) is 9.69 Å². The Morgan fingerprint density at radius 3 is 3.31 bits per heavy atom. The second kappa shape index (κ2) is 4.77. The maximum absolute atomic E-state index is 11.4. The molecule has 0 aromatic carbocycles. The molecule has 1 aromatic rings. The van der Waals surface area contributed by atoms with Gasteiger partial charge in [-0.25, -0.2) is 0 Å². The molecule has 2 heterocycles. The zero-order valence-corrected chi connectivity index (χ0v) is 8.89. The Bertz CT molecular complexity index is 419. The predicted octanol–water partition coefficient (Wildman–Crippen LogP) is -1.16. The quantitative estimate of drug-likeness (QED) is 0.652. The van der Waals surface area contributed by atoms with Gasteiger partial charge in [-0.1, -0.05) is 5.92 Å². The number of hydrogen-bond donors (Lipinski definition) is 1. The molecule has 0 radical (unpaired) electrons. The van der Waals surface area contributed by atoms with E-state index in [1.165, 1.54) is 0 Å². The number of carbonyl (C=O) groups is 1. The Hall–Kier alpha value is -1.87. The van der Waals surface area contributed by atoms with Gasteiger partial charge in [0.25, 0.3) is 0 Å². The second-order valence-corrected chi connectivity index (χ2v) is 3.63. The fourth-order valence-corrected chi connectivity index (χ4v) is 1.66. The lowest BCUT2D eigenvalue weighted by Crippen LogP contribution is -2.41. The van der Waals surface area contributed by atoms with Crippen molar-refractivity contribution in [1.82, 2.24) is 25.0 Å². The Labute approximate surface area is 93.6 Å². The zero-order valence-electron chi connectivity index (χ0n) is 8.89. The van der Waals surface area contributed by atoms with Gasteiger partial charge in [-0.2, -0.15) is 0 Å². The molecule has 0 unspecified atom stereocenters. The summed E-state index contributed by atoms with van der Waals surface area (Å²) in [5.74, 6) is 3.22. The molecule has 2 rings (SSSR count). The molecular weight excluding hydrogens is 206 g/mol. The van der Waals surface area contributed by atoms with Crippen LogP contribution in [0.25, 0.3) is 0 Å². The van der Waals surface area contributed by atoms with E-state index in [0.29, 0.717) is 13.1 Å². The van der Waals surface area contributed by atoms with Crippen LogP contribution in [-0.2, 0) is 17.9 Å². The highest BCUT2D eigenvalue weighted by molar-refractivity contribution is 5.78. The molecule has 0 aliphatic carbocycles. The molecule has 1 amide bonds. The smallest absolute Gasteiger partial charge is 0.234 e. The van der Waals surface area contributed by atoms with Crippen molar-refractivity contribution in [2.75, 3.05) is 19.6 Å². The molecular formula is C10H13N5O. The molecule has 0 atom stereocenters. The van der Waals surface area contributed by atoms with Crippen LogP contribution in [0.3, 0.4) is 0 Å². The van der Waals surface area contributed by atoms with Crippen molar-refractivity contribution in [2.24, 2.45) is 0 Å². The van der Waals surface area contributed by atoms with Gasteiger partial charge in [0.15, 0.2) is 0 Å². The lowest BCUT2D eigenvalue weighted by Gasteiger charge is -2.25. The molecule has 0 saturated carbocycles. The normalized spacial score (nSPS) is 15.2. The van der Waals surface area contributed by atoms with Crippen molar-refractivity contribution in [2.45, 2.75) is 13.1 Å². The van der Waals surface area contributed by atoms with E-state index in [9.17, 15) is 4.79 Å². The Morgan fingerprint density at radius 2 is 2.50 bits per heavy atom. The fraction of sp³-hybridized carbons (Fsp3) is 0.500. The van der Waals surface area contributed by atoms with E-state index >= 15 is 0 Å². The van der Waals surface area contributed by atoms with E-state index in [1.807, 2.05) is 9.47 Å². The van der Waals surface area contributed by atoms with Gasteiger partial charge in [0.1, 0.15) is 12.2 Å². The van der Waals surface area contributed by atoms with E-state index < -0.39 is 0 Å². The molecule has 6 nitrogen and oxygen atoms in total. The van der Waals surface area contributed by atoms with Crippen molar-refractivity contribution in [3.8, 4) is 12.3 Å². The molecule has 1 aromatic heterocycles. The minimum Gasteiger partial charge on any atom is -0.344 e. The van der Waals surface area contributed by atoms with Crippen LogP contribution < -0.4 is 5.32 Å². The van der Waals surface area contributed by atoms with Crippen LogP contribution in [-0.4, -0.2) is 45.2 Å². The highest BCUT2D eigenvalue weighted by Crippen LogP contribution is 2.07. The van der Waals surface area contributed by atoms with Crippen LogP contribution in [0.1, 0.15) is 5.82 Å². The maximum atomic E-state index is 11.4. The van der Waals surface area contributed by atoms with Gasteiger partial charge in [0, 0.05) is 13.1 Å². The number of rotatable bonds is 3. The van der Waals surface area contributed by atoms with Crippen molar-refractivity contribution in [3.05, 3.63) is 12.2 Å². The topological polar surface area (TPSA) is 63.1 Å². The van der Waals surface area contributed by atoms with Gasteiger partial charge < -0.3 is 9.88 Å². The first kappa shape index (κ1) is 10.6. The number of fused-ring (bicyclic) bond motifs is 1. The second-order valence-electron chi connectivity index (χ2n) is 3.63. The molecule has 0 fully saturated rings. The highest BCUT2D eigenvalue weighted by Gasteiger charge is 2.18. The minimum atomic E-state index is -0.0501. The molecule has 1 N–H and O–H groups in total. The molecule has 1 aliphatic rings. The SMILES string of the molecule is C#CCNC(=O)CN1CCn2cnnc2C1. The van der Waals surface area contributed by atoms with E-state index in [-0.39, 0.29) is 12.5 Å². The number of nitrogens with one attached hydrogen (secondary N) is 1.